The van der Waals surface area contributed by atoms with Gasteiger partial charge in [-0.05, 0) is 49.4 Å². The van der Waals surface area contributed by atoms with Crippen molar-refractivity contribution in [2.75, 3.05) is 29.6 Å². The number of hydrogen-bond acceptors (Lipinski definition) is 5. The fourth-order valence-electron chi connectivity index (χ4n) is 2.66. The first-order chi connectivity index (χ1) is 13.4. The third-order valence-corrected chi connectivity index (χ3v) is 4.20. The molecule has 28 heavy (non-hydrogen) atoms. The molecule has 0 aliphatic rings. The van der Waals surface area contributed by atoms with E-state index in [1.807, 2.05) is 43.3 Å². The minimum absolute atomic E-state index is 0.0516. The second kappa shape index (κ2) is 8.35. The van der Waals surface area contributed by atoms with E-state index in [4.69, 9.17) is 0 Å². The molecule has 2 N–H and O–H groups in total. The zero-order valence-electron chi connectivity index (χ0n) is 16.1. The number of carbonyl (C=O) groups excluding carboxylic acids is 2. The van der Waals surface area contributed by atoms with Gasteiger partial charge in [-0.1, -0.05) is 12.1 Å². The number of rotatable bonds is 6. The second-order valence-corrected chi connectivity index (χ2v) is 6.62. The Morgan fingerprint density at radius 3 is 2.25 bits per heavy atom. The average Bonchev–Trinajstić information content (AvgIpc) is 2.69. The highest BCUT2D eigenvalue weighted by Crippen LogP contribution is 2.21. The van der Waals surface area contributed by atoms with Crippen LogP contribution in [0.15, 0.2) is 67.0 Å². The van der Waals surface area contributed by atoms with E-state index >= 15 is 0 Å². The van der Waals surface area contributed by atoms with Crippen LogP contribution in [0.5, 0.6) is 0 Å². The van der Waals surface area contributed by atoms with E-state index in [0.717, 1.165) is 11.4 Å². The summed E-state index contributed by atoms with van der Waals surface area (Å²) in [6.07, 6.45) is 3.16. The zero-order valence-corrected chi connectivity index (χ0v) is 16.1. The van der Waals surface area contributed by atoms with Gasteiger partial charge in [0.25, 0.3) is 5.91 Å². The lowest BCUT2D eigenvalue weighted by Gasteiger charge is -2.13. The third-order valence-electron chi connectivity index (χ3n) is 4.20. The van der Waals surface area contributed by atoms with Crippen LogP contribution in [-0.2, 0) is 0 Å². The number of Topliss-reactive ketones (excluding diaryl/α,β-unsaturated/α-hetero) is 1. The van der Waals surface area contributed by atoms with Crippen LogP contribution in [0, 0.1) is 0 Å². The first-order valence-corrected chi connectivity index (χ1v) is 8.84. The van der Waals surface area contributed by atoms with Gasteiger partial charge in [0, 0.05) is 42.9 Å². The fourth-order valence-corrected chi connectivity index (χ4v) is 2.66. The summed E-state index contributed by atoms with van der Waals surface area (Å²) in [5.74, 6) is -0.343. The molecular formula is C22H22N4O2. The molecule has 0 unspecified atom stereocenters. The van der Waals surface area contributed by atoms with Gasteiger partial charge in [-0.15, -0.1) is 0 Å². The molecule has 0 saturated carbocycles. The highest BCUT2D eigenvalue weighted by Gasteiger charge is 2.09. The summed E-state index contributed by atoms with van der Waals surface area (Å²) < 4.78 is 0. The van der Waals surface area contributed by atoms with Gasteiger partial charge in [0.2, 0.25) is 0 Å². The zero-order chi connectivity index (χ0) is 20.1. The van der Waals surface area contributed by atoms with E-state index in [1.165, 1.54) is 13.1 Å². The molecule has 2 aromatic carbocycles. The van der Waals surface area contributed by atoms with Crippen molar-refractivity contribution in [3.8, 4) is 0 Å². The first-order valence-electron chi connectivity index (χ1n) is 8.84. The summed E-state index contributed by atoms with van der Waals surface area (Å²) in [5.41, 5.74) is 4.25. The van der Waals surface area contributed by atoms with Crippen LogP contribution in [0.25, 0.3) is 0 Å². The Morgan fingerprint density at radius 2 is 1.57 bits per heavy atom. The molecule has 3 aromatic rings. The summed E-state index contributed by atoms with van der Waals surface area (Å²) in [5, 5.41) is 6.05. The van der Waals surface area contributed by atoms with Crippen LogP contribution in [0.2, 0.25) is 0 Å². The van der Waals surface area contributed by atoms with Gasteiger partial charge in [-0.2, -0.15) is 0 Å². The molecule has 0 fully saturated rings. The van der Waals surface area contributed by atoms with E-state index in [9.17, 15) is 9.59 Å². The van der Waals surface area contributed by atoms with Crippen molar-refractivity contribution < 1.29 is 9.59 Å². The molecule has 3 rings (SSSR count). The number of nitrogens with one attached hydrogen (secondary N) is 2. The predicted octanol–water partition coefficient (Wildman–Crippen LogP) is 4.35. The van der Waals surface area contributed by atoms with Crippen molar-refractivity contribution >= 4 is 34.4 Å². The van der Waals surface area contributed by atoms with Crippen molar-refractivity contribution in [3.05, 3.63) is 78.1 Å². The van der Waals surface area contributed by atoms with Gasteiger partial charge in [0.05, 0.1) is 17.4 Å². The molecule has 0 aliphatic heterocycles. The summed E-state index contributed by atoms with van der Waals surface area (Å²) in [6.45, 7) is 1.49. The van der Waals surface area contributed by atoms with Gasteiger partial charge >= 0.3 is 0 Å². The van der Waals surface area contributed by atoms with Crippen molar-refractivity contribution in [2.45, 2.75) is 6.92 Å². The van der Waals surface area contributed by atoms with Crippen molar-refractivity contribution in [3.63, 3.8) is 0 Å². The van der Waals surface area contributed by atoms with Crippen LogP contribution in [0.4, 0.5) is 22.7 Å². The maximum atomic E-state index is 12.6. The molecule has 1 aromatic heterocycles. The number of amides is 1. The molecule has 142 valence electrons. The Bertz CT molecular complexity index is 997. The third kappa shape index (κ3) is 4.73. The van der Waals surface area contributed by atoms with Crippen molar-refractivity contribution in [1.29, 1.82) is 0 Å². The first kappa shape index (κ1) is 19.1. The van der Waals surface area contributed by atoms with E-state index in [2.05, 4.69) is 15.6 Å². The van der Waals surface area contributed by atoms with Gasteiger partial charge < -0.3 is 15.5 Å². The largest absolute Gasteiger partial charge is 0.378 e. The quantitative estimate of drug-likeness (QED) is 0.628. The Balaban J connectivity index is 1.72. The minimum Gasteiger partial charge on any atom is -0.378 e. The lowest BCUT2D eigenvalue weighted by Crippen LogP contribution is -2.13. The molecule has 0 saturated heterocycles. The number of benzene rings is 2. The van der Waals surface area contributed by atoms with Gasteiger partial charge in [0.15, 0.2) is 5.78 Å². The van der Waals surface area contributed by atoms with Crippen LogP contribution in [-0.4, -0.2) is 30.8 Å². The monoisotopic (exact) mass is 374 g/mol. The molecule has 0 aliphatic carbocycles. The molecular weight excluding hydrogens is 352 g/mol. The van der Waals surface area contributed by atoms with E-state index in [-0.39, 0.29) is 11.7 Å². The van der Waals surface area contributed by atoms with Gasteiger partial charge in [-0.25, -0.2) is 0 Å². The van der Waals surface area contributed by atoms with Crippen LogP contribution < -0.4 is 15.5 Å². The van der Waals surface area contributed by atoms with Crippen molar-refractivity contribution in [2.24, 2.45) is 0 Å². The number of anilines is 4. The highest BCUT2D eigenvalue weighted by molar-refractivity contribution is 6.05. The maximum absolute atomic E-state index is 12.6. The Labute approximate surface area is 164 Å². The van der Waals surface area contributed by atoms with Crippen LogP contribution in [0.3, 0.4) is 0 Å². The maximum Gasteiger partial charge on any atom is 0.257 e. The summed E-state index contributed by atoms with van der Waals surface area (Å²) in [6, 6.07) is 16.5. The average molecular weight is 374 g/mol. The number of pyridine rings is 1. The highest BCUT2D eigenvalue weighted by atomic mass is 16.1. The molecule has 1 heterocycles. The molecule has 0 bridgehead atoms. The molecule has 6 nitrogen and oxygen atoms in total. The Hall–Kier alpha value is -3.67. The predicted molar refractivity (Wildman–Crippen MR) is 113 cm³/mol. The van der Waals surface area contributed by atoms with Gasteiger partial charge in [-0.3, -0.25) is 14.6 Å². The molecule has 0 spiro atoms. The van der Waals surface area contributed by atoms with Crippen molar-refractivity contribution in [1.82, 2.24) is 4.98 Å². The summed E-state index contributed by atoms with van der Waals surface area (Å²) in [4.78, 5) is 30.2. The number of nitrogens with zero attached hydrogens (tertiary/aromatic N) is 2. The molecule has 6 heteroatoms. The van der Waals surface area contributed by atoms with Gasteiger partial charge in [0.1, 0.15) is 0 Å². The lowest BCUT2D eigenvalue weighted by molar-refractivity contribution is 0.101. The number of aromatic nitrogens is 1. The standard InChI is InChI=1S/C22H22N4O2/c1-15(27)16-5-4-6-19(11-16)25-22(28)17-12-20(14-23-13-17)24-18-7-9-21(10-8-18)26(2)3/h4-14,24H,1-3H3,(H,25,28). The molecule has 1 amide bonds. The molecule has 0 atom stereocenters. The number of carbonyl (C=O) groups is 2. The minimum atomic E-state index is -0.292. The smallest absolute Gasteiger partial charge is 0.257 e. The number of ketones is 1. The van der Waals surface area contributed by atoms with E-state index < -0.39 is 0 Å². The Kier molecular flexibility index (Phi) is 5.69. The molecule has 0 radical (unpaired) electrons. The Morgan fingerprint density at radius 1 is 0.857 bits per heavy atom. The number of hydrogen-bond donors (Lipinski definition) is 2. The van der Waals surface area contributed by atoms with E-state index in [1.54, 1.807) is 36.5 Å². The van der Waals surface area contributed by atoms with E-state index in [0.29, 0.717) is 22.5 Å². The lowest BCUT2D eigenvalue weighted by atomic mass is 10.1. The topological polar surface area (TPSA) is 74.3 Å². The normalized spacial score (nSPS) is 10.2. The summed E-state index contributed by atoms with van der Waals surface area (Å²) in [7, 11) is 3.97. The second-order valence-electron chi connectivity index (χ2n) is 6.62. The fraction of sp³-hybridized carbons (Fsp3) is 0.136. The summed E-state index contributed by atoms with van der Waals surface area (Å²) >= 11 is 0. The van der Waals surface area contributed by atoms with Crippen LogP contribution in [0.1, 0.15) is 27.6 Å². The van der Waals surface area contributed by atoms with Crippen LogP contribution >= 0.6 is 0 Å². The SMILES string of the molecule is CC(=O)c1cccc(NC(=O)c2cncc(Nc3ccc(N(C)C)cc3)c2)c1.